The Morgan fingerprint density at radius 3 is 2.62 bits per heavy atom. The Balaban J connectivity index is 1.83. The van der Waals surface area contributed by atoms with Gasteiger partial charge in [-0.15, -0.1) is 0 Å². The van der Waals surface area contributed by atoms with E-state index in [4.69, 9.17) is 5.11 Å². The highest BCUT2D eigenvalue weighted by atomic mass is 16.4. The lowest BCUT2D eigenvalue weighted by molar-refractivity contribution is 0.0697. The number of carboxylic acid groups (broad SMARTS) is 1. The van der Waals surface area contributed by atoms with E-state index in [1.807, 2.05) is 12.1 Å². The summed E-state index contributed by atoms with van der Waals surface area (Å²) in [5.41, 5.74) is 3.56. The quantitative estimate of drug-likeness (QED) is 0.805. The summed E-state index contributed by atoms with van der Waals surface area (Å²) in [5, 5.41) is 22.0. The molecule has 0 fully saturated rings. The molecule has 2 aromatic rings. The van der Waals surface area contributed by atoms with Gasteiger partial charge in [0.25, 0.3) is 0 Å². The van der Waals surface area contributed by atoms with Gasteiger partial charge < -0.3 is 15.5 Å². The van der Waals surface area contributed by atoms with Crippen LogP contribution in [0, 0.1) is 0 Å². The summed E-state index contributed by atoms with van der Waals surface area (Å²) in [6.45, 7) is 0. The van der Waals surface area contributed by atoms with Crippen molar-refractivity contribution in [1.82, 2.24) is 0 Å². The number of hydrogen-bond donors (Lipinski definition) is 3. The van der Waals surface area contributed by atoms with Gasteiger partial charge in [-0.2, -0.15) is 0 Å². The maximum atomic E-state index is 10.9. The zero-order valence-corrected chi connectivity index (χ0v) is 11.5. The molecule has 21 heavy (non-hydrogen) atoms. The van der Waals surface area contributed by atoms with Gasteiger partial charge in [0.15, 0.2) is 0 Å². The molecule has 0 heterocycles. The number of nitrogens with one attached hydrogen (secondary N) is 1. The van der Waals surface area contributed by atoms with Crippen LogP contribution in [0.5, 0.6) is 5.75 Å². The van der Waals surface area contributed by atoms with Crippen molar-refractivity contribution in [2.75, 3.05) is 5.32 Å². The Labute approximate surface area is 123 Å². The number of aryl methyl sites for hydroxylation is 1. The van der Waals surface area contributed by atoms with Crippen LogP contribution in [0.2, 0.25) is 0 Å². The molecule has 0 saturated carbocycles. The first-order valence-corrected chi connectivity index (χ1v) is 7.05. The van der Waals surface area contributed by atoms with Gasteiger partial charge in [-0.1, -0.05) is 6.07 Å². The Hall–Kier alpha value is -2.49. The SMILES string of the molecule is O=C(O)c1ccc(NC2CCCc3ccc(O)cc32)cc1. The van der Waals surface area contributed by atoms with Crippen LogP contribution in [0.4, 0.5) is 5.69 Å². The Bertz CT molecular complexity index is 664. The number of hydrogen-bond acceptors (Lipinski definition) is 3. The lowest BCUT2D eigenvalue weighted by Crippen LogP contribution is -2.17. The molecule has 4 heteroatoms. The molecule has 0 amide bonds. The summed E-state index contributed by atoms with van der Waals surface area (Å²) in [7, 11) is 0. The number of phenols is 1. The van der Waals surface area contributed by atoms with E-state index in [9.17, 15) is 9.90 Å². The van der Waals surface area contributed by atoms with E-state index in [1.54, 1.807) is 30.3 Å². The maximum absolute atomic E-state index is 10.9. The minimum atomic E-state index is -0.922. The highest BCUT2D eigenvalue weighted by Gasteiger charge is 2.20. The Morgan fingerprint density at radius 2 is 1.90 bits per heavy atom. The molecule has 0 bridgehead atoms. The second kappa shape index (κ2) is 5.48. The zero-order chi connectivity index (χ0) is 14.8. The molecule has 3 N–H and O–H groups in total. The predicted molar refractivity (Wildman–Crippen MR) is 80.8 cm³/mol. The van der Waals surface area contributed by atoms with Crippen molar-refractivity contribution in [2.24, 2.45) is 0 Å². The third-order valence-corrected chi connectivity index (χ3v) is 3.92. The molecule has 0 saturated heterocycles. The number of fused-ring (bicyclic) bond motifs is 1. The van der Waals surface area contributed by atoms with Gasteiger partial charge in [0.2, 0.25) is 0 Å². The van der Waals surface area contributed by atoms with Gasteiger partial charge in [0, 0.05) is 5.69 Å². The fraction of sp³-hybridized carbons (Fsp3) is 0.235. The molecule has 0 aliphatic heterocycles. The first-order valence-electron chi connectivity index (χ1n) is 7.05. The van der Waals surface area contributed by atoms with E-state index in [-0.39, 0.29) is 17.4 Å². The molecule has 1 aliphatic rings. The third kappa shape index (κ3) is 2.84. The van der Waals surface area contributed by atoms with Gasteiger partial charge >= 0.3 is 5.97 Å². The molecule has 0 radical (unpaired) electrons. The minimum absolute atomic E-state index is 0.150. The lowest BCUT2D eigenvalue weighted by atomic mass is 9.87. The van der Waals surface area contributed by atoms with Gasteiger partial charge in [-0.3, -0.25) is 0 Å². The summed E-state index contributed by atoms with van der Waals surface area (Å²) >= 11 is 0. The average molecular weight is 283 g/mol. The molecule has 1 unspecified atom stereocenters. The molecule has 1 aliphatic carbocycles. The summed E-state index contributed by atoms with van der Waals surface area (Å²) in [6.07, 6.45) is 3.13. The molecule has 0 aromatic heterocycles. The van der Waals surface area contributed by atoms with Crippen LogP contribution in [-0.2, 0) is 6.42 Å². The van der Waals surface area contributed by atoms with E-state index in [0.717, 1.165) is 30.5 Å². The van der Waals surface area contributed by atoms with Crippen LogP contribution in [-0.4, -0.2) is 16.2 Å². The van der Waals surface area contributed by atoms with Crippen molar-refractivity contribution >= 4 is 11.7 Å². The van der Waals surface area contributed by atoms with Crippen LogP contribution in [0.15, 0.2) is 42.5 Å². The van der Waals surface area contributed by atoms with Crippen LogP contribution >= 0.6 is 0 Å². The van der Waals surface area contributed by atoms with Gasteiger partial charge in [-0.05, 0) is 66.8 Å². The maximum Gasteiger partial charge on any atom is 0.335 e. The molecule has 0 spiro atoms. The average Bonchev–Trinajstić information content (AvgIpc) is 2.48. The smallest absolute Gasteiger partial charge is 0.335 e. The summed E-state index contributed by atoms with van der Waals surface area (Å²) < 4.78 is 0. The molecule has 2 aromatic carbocycles. The van der Waals surface area contributed by atoms with Crippen LogP contribution in [0.1, 0.15) is 40.4 Å². The summed E-state index contributed by atoms with van der Waals surface area (Å²) in [4.78, 5) is 10.9. The topological polar surface area (TPSA) is 69.6 Å². The largest absolute Gasteiger partial charge is 0.508 e. The molecule has 3 rings (SSSR count). The van der Waals surface area contributed by atoms with Crippen molar-refractivity contribution in [3.05, 3.63) is 59.2 Å². The molecule has 4 nitrogen and oxygen atoms in total. The lowest BCUT2D eigenvalue weighted by Gasteiger charge is -2.27. The number of carboxylic acids is 1. The van der Waals surface area contributed by atoms with Crippen LogP contribution in [0.3, 0.4) is 0 Å². The van der Waals surface area contributed by atoms with E-state index in [1.165, 1.54) is 5.56 Å². The normalized spacial score (nSPS) is 17.0. The zero-order valence-electron chi connectivity index (χ0n) is 11.5. The van der Waals surface area contributed by atoms with E-state index in [0.29, 0.717) is 0 Å². The molecular formula is C17H17NO3. The standard InChI is InChI=1S/C17H17NO3/c19-14-9-6-11-2-1-3-16(15(11)10-14)18-13-7-4-12(5-8-13)17(20)21/h4-10,16,18-19H,1-3H2,(H,20,21). The van der Waals surface area contributed by atoms with Crippen molar-refractivity contribution in [2.45, 2.75) is 25.3 Å². The fourth-order valence-electron chi connectivity index (χ4n) is 2.85. The second-order valence-electron chi connectivity index (χ2n) is 5.35. The summed E-state index contributed by atoms with van der Waals surface area (Å²) in [6, 6.07) is 12.4. The Kier molecular flexibility index (Phi) is 3.52. The third-order valence-electron chi connectivity index (χ3n) is 3.92. The van der Waals surface area contributed by atoms with Crippen molar-refractivity contribution in [3.63, 3.8) is 0 Å². The van der Waals surface area contributed by atoms with Crippen molar-refractivity contribution in [1.29, 1.82) is 0 Å². The number of benzene rings is 2. The first kappa shape index (κ1) is 13.5. The van der Waals surface area contributed by atoms with E-state index >= 15 is 0 Å². The van der Waals surface area contributed by atoms with Gasteiger partial charge in [-0.25, -0.2) is 4.79 Å². The molecular weight excluding hydrogens is 266 g/mol. The number of anilines is 1. The van der Waals surface area contributed by atoms with Gasteiger partial charge in [0.1, 0.15) is 5.75 Å². The number of aromatic hydroxyl groups is 1. The highest BCUT2D eigenvalue weighted by molar-refractivity contribution is 5.88. The second-order valence-corrected chi connectivity index (χ2v) is 5.35. The van der Waals surface area contributed by atoms with Gasteiger partial charge in [0.05, 0.1) is 11.6 Å². The van der Waals surface area contributed by atoms with E-state index in [2.05, 4.69) is 5.32 Å². The number of aromatic carboxylic acids is 1. The predicted octanol–water partition coefficient (Wildman–Crippen LogP) is 3.58. The number of rotatable bonds is 3. The fourth-order valence-corrected chi connectivity index (χ4v) is 2.85. The van der Waals surface area contributed by atoms with Crippen LogP contribution < -0.4 is 5.32 Å². The monoisotopic (exact) mass is 283 g/mol. The van der Waals surface area contributed by atoms with Crippen LogP contribution in [0.25, 0.3) is 0 Å². The Morgan fingerprint density at radius 1 is 1.14 bits per heavy atom. The minimum Gasteiger partial charge on any atom is -0.508 e. The number of phenolic OH excluding ortho intramolecular Hbond substituents is 1. The first-order chi connectivity index (χ1) is 10.1. The summed E-state index contributed by atoms with van der Waals surface area (Å²) in [5.74, 6) is -0.641. The van der Waals surface area contributed by atoms with Crippen molar-refractivity contribution < 1.29 is 15.0 Å². The molecule has 108 valence electrons. The highest BCUT2D eigenvalue weighted by Crippen LogP contribution is 2.34. The van der Waals surface area contributed by atoms with E-state index < -0.39 is 5.97 Å². The number of carbonyl (C=O) groups is 1. The van der Waals surface area contributed by atoms with Crippen molar-refractivity contribution in [3.8, 4) is 5.75 Å². The molecule has 1 atom stereocenters.